The molecule has 3 saturated heterocycles. The fraction of sp³-hybridized carbons (Fsp3) is 0.471. The number of carbonyl (C=O) groups is 1. The first-order valence-corrected chi connectivity index (χ1v) is 16.3. The number of likely N-dealkylation sites (N-methyl/N-ethyl adjacent to an activating group) is 1. The van der Waals surface area contributed by atoms with Gasteiger partial charge in [-0.05, 0) is 68.4 Å². The number of carbonyl (C=O) groups excluding carboxylic acids is 1. The summed E-state index contributed by atoms with van der Waals surface area (Å²) in [6, 6.07) is 15.1. The number of piperazine rings is 1. The maximum Gasteiger partial charge on any atom is 0.323 e. The molecule has 2 aromatic heterocycles. The van der Waals surface area contributed by atoms with E-state index in [9.17, 15) is 4.79 Å². The van der Waals surface area contributed by atoms with Crippen molar-refractivity contribution in [2.45, 2.75) is 31.1 Å². The highest BCUT2D eigenvalue weighted by atomic mass is 16.5. The number of hydrogen-bond acceptors (Lipinski definition) is 10. The molecule has 0 spiro atoms. The predicted molar refractivity (Wildman–Crippen MR) is 182 cm³/mol. The van der Waals surface area contributed by atoms with Gasteiger partial charge in [0.05, 0.1) is 37.0 Å². The first-order chi connectivity index (χ1) is 23.0. The summed E-state index contributed by atoms with van der Waals surface area (Å²) in [5.41, 5.74) is 4.12. The molecule has 3 aliphatic rings. The van der Waals surface area contributed by atoms with Crippen LogP contribution in [0.1, 0.15) is 18.9 Å². The number of anilines is 4. The number of nitrogens with one attached hydrogen (secondary N) is 2. The summed E-state index contributed by atoms with van der Waals surface area (Å²) in [6.07, 6.45) is 4.39. The van der Waals surface area contributed by atoms with Gasteiger partial charge in [-0.1, -0.05) is 0 Å². The molecule has 7 rings (SSSR count). The Kier molecular flexibility index (Phi) is 9.21. The summed E-state index contributed by atoms with van der Waals surface area (Å²) in [6.45, 7) is 6.53. The maximum absolute atomic E-state index is 12.9. The fourth-order valence-electron chi connectivity index (χ4n) is 6.73. The maximum atomic E-state index is 12.9. The summed E-state index contributed by atoms with van der Waals surface area (Å²) in [5, 5.41) is 11.5. The van der Waals surface area contributed by atoms with Crippen molar-refractivity contribution in [1.82, 2.24) is 24.6 Å². The lowest BCUT2D eigenvalue weighted by Crippen LogP contribution is -2.44. The second-order valence-corrected chi connectivity index (χ2v) is 12.6. The standard InChI is InChI=1S/C34H43N9O4/c1-40-14-16-41(17-15-40)26-10-8-25(9-11-26)37-34(44)36-24-6-4-23(5-7-24)31-38-32(42-19-28-12-13-29(20-42)47-28)30-18-35-43(33(30)39-31)27(21-45-2)22-46-3/h4-11,18,27-29H,12-17,19-22H2,1-3H3,(H2,36,37,44). The van der Waals surface area contributed by atoms with E-state index in [0.29, 0.717) is 24.7 Å². The molecule has 3 fully saturated rings. The third kappa shape index (κ3) is 6.89. The summed E-state index contributed by atoms with van der Waals surface area (Å²) in [4.78, 5) is 30.0. The van der Waals surface area contributed by atoms with E-state index < -0.39 is 0 Å². The monoisotopic (exact) mass is 641 g/mol. The Morgan fingerprint density at radius 1 is 0.872 bits per heavy atom. The van der Waals surface area contributed by atoms with Gasteiger partial charge in [-0.15, -0.1) is 0 Å². The van der Waals surface area contributed by atoms with Gasteiger partial charge in [-0.2, -0.15) is 5.10 Å². The van der Waals surface area contributed by atoms with E-state index in [1.165, 1.54) is 5.69 Å². The quantitative estimate of drug-likeness (QED) is 0.262. The lowest BCUT2D eigenvalue weighted by Gasteiger charge is -2.34. The van der Waals surface area contributed by atoms with Crippen molar-refractivity contribution in [2.24, 2.45) is 0 Å². The number of rotatable bonds is 10. The molecular formula is C34H43N9O4. The first kappa shape index (κ1) is 31.3. The minimum Gasteiger partial charge on any atom is -0.382 e. The number of benzene rings is 2. The lowest BCUT2D eigenvalue weighted by molar-refractivity contribution is 0.0303. The van der Waals surface area contributed by atoms with Crippen molar-refractivity contribution in [3.63, 3.8) is 0 Å². The molecule has 13 nitrogen and oxygen atoms in total. The summed E-state index contributed by atoms with van der Waals surface area (Å²) < 4.78 is 19.0. The fourth-order valence-corrected chi connectivity index (χ4v) is 6.73. The van der Waals surface area contributed by atoms with Crippen LogP contribution in [-0.4, -0.2) is 117 Å². The van der Waals surface area contributed by atoms with Crippen LogP contribution in [0.5, 0.6) is 0 Å². The highest BCUT2D eigenvalue weighted by Crippen LogP contribution is 2.34. The topological polar surface area (TPSA) is 122 Å². The Morgan fingerprint density at radius 2 is 1.49 bits per heavy atom. The van der Waals surface area contributed by atoms with Crippen molar-refractivity contribution in [2.75, 3.05) is 94.2 Å². The molecule has 248 valence electrons. The minimum atomic E-state index is -0.307. The van der Waals surface area contributed by atoms with E-state index in [1.807, 2.05) is 47.3 Å². The molecule has 3 aliphatic heterocycles. The van der Waals surface area contributed by atoms with E-state index in [2.05, 4.69) is 44.5 Å². The van der Waals surface area contributed by atoms with Crippen molar-refractivity contribution in [3.05, 3.63) is 54.7 Å². The highest BCUT2D eigenvalue weighted by molar-refractivity contribution is 6.00. The van der Waals surface area contributed by atoms with Crippen LogP contribution in [0.2, 0.25) is 0 Å². The SMILES string of the molecule is COCC(COC)n1ncc2c(N3CC4CCC(C3)O4)nc(-c3ccc(NC(=O)Nc4ccc(N5CCN(C)CC5)cc4)cc3)nc21. The van der Waals surface area contributed by atoms with Crippen LogP contribution in [0, 0.1) is 0 Å². The number of hydrogen-bond donors (Lipinski definition) is 2. The van der Waals surface area contributed by atoms with E-state index >= 15 is 0 Å². The van der Waals surface area contributed by atoms with Gasteiger partial charge in [0.15, 0.2) is 11.5 Å². The molecule has 4 aromatic rings. The molecule has 13 heteroatoms. The van der Waals surface area contributed by atoms with Gasteiger partial charge in [0, 0.05) is 76.1 Å². The van der Waals surface area contributed by atoms with Crippen LogP contribution >= 0.6 is 0 Å². The number of urea groups is 1. The van der Waals surface area contributed by atoms with E-state index in [1.54, 1.807) is 14.2 Å². The smallest absolute Gasteiger partial charge is 0.323 e. The summed E-state index contributed by atoms with van der Waals surface area (Å²) in [7, 11) is 5.49. The molecular weight excluding hydrogens is 598 g/mol. The second-order valence-electron chi connectivity index (χ2n) is 12.6. The molecule has 2 unspecified atom stereocenters. The zero-order chi connectivity index (χ0) is 32.3. The average Bonchev–Trinajstić information content (AvgIpc) is 3.67. The average molecular weight is 642 g/mol. The molecule has 5 heterocycles. The van der Waals surface area contributed by atoms with Gasteiger partial charge in [0.2, 0.25) is 0 Å². The van der Waals surface area contributed by atoms with Gasteiger partial charge >= 0.3 is 6.03 Å². The summed E-state index contributed by atoms with van der Waals surface area (Å²) >= 11 is 0. The number of amides is 2. The Labute approximate surface area is 274 Å². The number of fused-ring (bicyclic) bond motifs is 3. The van der Waals surface area contributed by atoms with Crippen molar-refractivity contribution in [1.29, 1.82) is 0 Å². The molecule has 0 saturated carbocycles. The van der Waals surface area contributed by atoms with Gasteiger partial charge in [0.25, 0.3) is 0 Å². The molecule has 2 aromatic carbocycles. The molecule has 2 atom stereocenters. The number of ether oxygens (including phenoxy) is 3. The third-order valence-electron chi connectivity index (χ3n) is 9.24. The normalized spacial score (nSPS) is 19.9. The van der Waals surface area contributed by atoms with Crippen molar-refractivity contribution < 1.29 is 19.0 Å². The Bertz CT molecular complexity index is 1650. The van der Waals surface area contributed by atoms with Gasteiger partial charge in [-0.3, -0.25) is 0 Å². The van der Waals surface area contributed by atoms with Crippen LogP contribution < -0.4 is 20.4 Å². The van der Waals surface area contributed by atoms with Crippen LogP contribution in [-0.2, 0) is 14.2 Å². The highest BCUT2D eigenvalue weighted by Gasteiger charge is 2.35. The Balaban J connectivity index is 1.09. The van der Waals surface area contributed by atoms with Crippen molar-refractivity contribution >= 4 is 39.9 Å². The molecule has 2 bridgehead atoms. The summed E-state index contributed by atoms with van der Waals surface area (Å²) in [5.74, 6) is 1.43. The predicted octanol–water partition coefficient (Wildman–Crippen LogP) is 4.09. The third-order valence-corrected chi connectivity index (χ3v) is 9.24. The van der Waals surface area contributed by atoms with Gasteiger partial charge in [0.1, 0.15) is 11.9 Å². The molecule has 2 N–H and O–H groups in total. The van der Waals surface area contributed by atoms with Gasteiger partial charge in [-0.25, -0.2) is 19.4 Å². The number of nitrogens with zero attached hydrogens (tertiary/aromatic N) is 7. The van der Waals surface area contributed by atoms with Crippen LogP contribution in [0.15, 0.2) is 54.7 Å². The number of aromatic nitrogens is 4. The minimum absolute atomic E-state index is 0.146. The van der Waals surface area contributed by atoms with E-state index in [4.69, 9.17) is 29.3 Å². The van der Waals surface area contributed by atoms with Crippen LogP contribution in [0.25, 0.3) is 22.4 Å². The molecule has 47 heavy (non-hydrogen) atoms. The van der Waals surface area contributed by atoms with Crippen LogP contribution in [0.3, 0.4) is 0 Å². The van der Waals surface area contributed by atoms with Crippen molar-refractivity contribution in [3.8, 4) is 11.4 Å². The Hall–Kier alpha value is -4.30. The van der Waals surface area contributed by atoms with E-state index in [0.717, 1.165) is 80.2 Å². The molecule has 2 amide bonds. The zero-order valence-electron chi connectivity index (χ0n) is 27.3. The largest absolute Gasteiger partial charge is 0.382 e. The Morgan fingerprint density at radius 3 is 2.11 bits per heavy atom. The second kappa shape index (κ2) is 13.8. The molecule has 0 aliphatic carbocycles. The number of methoxy groups -OCH3 is 2. The van der Waals surface area contributed by atoms with Gasteiger partial charge < -0.3 is 39.5 Å². The number of morpholine rings is 1. The first-order valence-electron chi connectivity index (χ1n) is 16.3. The van der Waals surface area contributed by atoms with Crippen LogP contribution in [0.4, 0.5) is 27.7 Å². The zero-order valence-corrected chi connectivity index (χ0v) is 27.3. The lowest BCUT2D eigenvalue weighted by atomic mass is 10.2. The molecule has 0 radical (unpaired) electrons. The van der Waals surface area contributed by atoms with E-state index in [-0.39, 0.29) is 24.3 Å².